The first-order valence-electron chi connectivity index (χ1n) is 5.19. The van der Waals surface area contributed by atoms with E-state index in [0.717, 1.165) is 0 Å². The Morgan fingerprint density at radius 1 is 1.25 bits per heavy atom. The van der Waals surface area contributed by atoms with Gasteiger partial charge in [0.05, 0.1) is 24.0 Å². The van der Waals surface area contributed by atoms with Gasteiger partial charge in [-0.25, -0.2) is 18.1 Å². The quantitative estimate of drug-likeness (QED) is 0.877. The number of nitrogens with zero attached hydrogens (tertiary/aromatic N) is 3. The van der Waals surface area contributed by atoms with Crippen molar-refractivity contribution in [2.24, 2.45) is 0 Å². The van der Waals surface area contributed by atoms with E-state index in [2.05, 4.69) is 19.9 Å². The van der Waals surface area contributed by atoms with Crippen molar-refractivity contribution in [3.63, 3.8) is 0 Å². The highest BCUT2D eigenvalue weighted by Crippen LogP contribution is 2.30. The van der Waals surface area contributed by atoms with Crippen molar-refractivity contribution in [1.82, 2.24) is 15.2 Å². The molecule has 7 nitrogen and oxygen atoms in total. The molecule has 0 aliphatic carbocycles. The van der Waals surface area contributed by atoms with E-state index in [9.17, 15) is 8.42 Å². The largest absolute Gasteiger partial charge is 0.392 e. The molecule has 10 heteroatoms. The maximum Gasteiger partial charge on any atom is 0.265 e. The maximum absolute atomic E-state index is 12.2. The van der Waals surface area contributed by atoms with E-state index in [1.807, 2.05) is 0 Å². The Balaban J connectivity index is 2.47. The van der Waals surface area contributed by atoms with Crippen LogP contribution in [0, 0.1) is 0 Å². The Kier molecular flexibility index (Phi) is 4.39. The third-order valence-corrected chi connectivity index (χ3v) is 4.38. The lowest BCUT2D eigenvalue weighted by molar-refractivity contribution is 0.281. The summed E-state index contributed by atoms with van der Waals surface area (Å²) in [5.41, 5.74) is 0.201. The van der Waals surface area contributed by atoms with E-state index in [-0.39, 0.29) is 26.5 Å². The predicted octanol–water partition coefficient (Wildman–Crippen LogP) is 1.47. The van der Waals surface area contributed by atoms with Crippen LogP contribution in [0.1, 0.15) is 5.56 Å². The fraction of sp³-hybridized carbons (Fsp3) is 0.100. The van der Waals surface area contributed by atoms with Crippen molar-refractivity contribution < 1.29 is 13.5 Å². The number of hydrogen-bond acceptors (Lipinski definition) is 6. The van der Waals surface area contributed by atoms with E-state index in [1.54, 1.807) is 0 Å². The summed E-state index contributed by atoms with van der Waals surface area (Å²) < 4.78 is 26.5. The lowest BCUT2D eigenvalue weighted by Gasteiger charge is -2.10. The van der Waals surface area contributed by atoms with Crippen LogP contribution in [0.15, 0.2) is 29.4 Å². The van der Waals surface area contributed by atoms with Crippen LogP contribution in [0.2, 0.25) is 10.0 Å². The SMILES string of the molecule is O=S(=O)(Nc1nccnn1)c1cc(Cl)cc(CO)c1Cl. The predicted molar refractivity (Wildman–Crippen MR) is 73.0 cm³/mol. The molecule has 0 saturated heterocycles. The summed E-state index contributed by atoms with van der Waals surface area (Å²) >= 11 is 11.7. The third kappa shape index (κ3) is 3.15. The van der Waals surface area contributed by atoms with Gasteiger partial charge in [-0.15, -0.1) is 5.10 Å². The minimum absolute atomic E-state index is 0.117. The normalized spacial score (nSPS) is 11.3. The smallest absolute Gasteiger partial charge is 0.265 e. The highest BCUT2D eigenvalue weighted by molar-refractivity contribution is 7.92. The number of aliphatic hydroxyl groups excluding tert-OH is 1. The van der Waals surface area contributed by atoms with Crippen LogP contribution in [-0.4, -0.2) is 28.7 Å². The van der Waals surface area contributed by atoms with Crippen LogP contribution in [-0.2, 0) is 16.6 Å². The minimum atomic E-state index is -4.04. The highest BCUT2D eigenvalue weighted by Gasteiger charge is 2.22. The van der Waals surface area contributed by atoms with Gasteiger partial charge in [0.1, 0.15) is 4.90 Å². The van der Waals surface area contributed by atoms with Crippen LogP contribution in [0.5, 0.6) is 0 Å². The van der Waals surface area contributed by atoms with Gasteiger partial charge in [0.2, 0.25) is 0 Å². The van der Waals surface area contributed by atoms with E-state index in [0.29, 0.717) is 0 Å². The molecule has 0 aliphatic heterocycles. The summed E-state index contributed by atoms with van der Waals surface area (Å²) in [5.74, 6) is -0.200. The van der Waals surface area contributed by atoms with Gasteiger partial charge in [-0.2, -0.15) is 5.10 Å². The van der Waals surface area contributed by atoms with Gasteiger partial charge in [0.15, 0.2) is 0 Å². The first-order chi connectivity index (χ1) is 9.44. The van der Waals surface area contributed by atoms with E-state index in [4.69, 9.17) is 28.3 Å². The molecule has 106 valence electrons. The summed E-state index contributed by atoms with van der Waals surface area (Å²) in [6.45, 7) is -0.439. The van der Waals surface area contributed by atoms with Crippen LogP contribution < -0.4 is 4.72 Å². The standard InChI is InChI=1S/C10H8Cl2N4O3S/c11-7-3-6(5-17)9(12)8(4-7)20(18,19)16-10-13-1-2-14-15-10/h1-4,17H,5H2,(H,13,15,16). The Labute approximate surface area is 124 Å². The minimum Gasteiger partial charge on any atom is -0.392 e. The van der Waals surface area contributed by atoms with Gasteiger partial charge in [-0.3, -0.25) is 0 Å². The third-order valence-electron chi connectivity index (χ3n) is 2.25. The number of halogens is 2. The van der Waals surface area contributed by atoms with E-state index >= 15 is 0 Å². The van der Waals surface area contributed by atoms with E-state index in [1.165, 1.54) is 24.5 Å². The molecular formula is C10H8Cl2N4O3S. The molecule has 20 heavy (non-hydrogen) atoms. The lowest BCUT2D eigenvalue weighted by Crippen LogP contribution is -2.16. The summed E-state index contributed by atoms with van der Waals surface area (Å²) in [5, 5.41) is 16.1. The first kappa shape index (κ1) is 14.9. The first-order valence-corrected chi connectivity index (χ1v) is 7.43. The Hall–Kier alpha value is -1.48. The molecule has 0 radical (unpaired) electrons. The van der Waals surface area contributed by atoms with Crippen molar-refractivity contribution in [1.29, 1.82) is 0 Å². The fourth-order valence-electron chi connectivity index (χ4n) is 1.40. The number of aliphatic hydroxyl groups is 1. The number of aromatic nitrogens is 3. The highest BCUT2D eigenvalue weighted by atomic mass is 35.5. The maximum atomic E-state index is 12.2. The van der Waals surface area contributed by atoms with Gasteiger partial charge >= 0.3 is 0 Å². The van der Waals surface area contributed by atoms with Crippen molar-refractivity contribution in [3.8, 4) is 0 Å². The molecule has 1 aromatic heterocycles. The van der Waals surface area contributed by atoms with Gasteiger partial charge in [0.25, 0.3) is 16.0 Å². The lowest BCUT2D eigenvalue weighted by atomic mass is 10.2. The Morgan fingerprint density at radius 3 is 2.60 bits per heavy atom. The second kappa shape index (κ2) is 5.88. The average Bonchev–Trinajstić information content (AvgIpc) is 2.41. The van der Waals surface area contributed by atoms with Crippen molar-refractivity contribution in [2.45, 2.75) is 11.5 Å². The van der Waals surface area contributed by atoms with Crippen LogP contribution in [0.3, 0.4) is 0 Å². The van der Waals surface area contributed by atoms with Crippen molar-refractivity contribution in [3.05, 3.63) is 40.1 Å². The number of hydrogen-bond donors (Lipinski definition) is 2. The fourth-order valence-corrected chi connectivity index (χ4v) is 3.27. The summed E-state index contributed by atoms with van der Waals surface area (Å²) in [6, 6.07) is 2.55. The topological polar surface area (TPSA) is 105 Å². The molecular weight excluding hydrogens is 327 g/mol. The molecule has 1 heterocycles. The Morgan fingerprint density at radius 2 is 2.00 bits per heavy atom. The molecule has 2 N–H and O–H groups in total. The number of rotatable bonds is 4. The summed E-state index contributed by atoms with van der Waals surface area (Å²) in [7, 11) is -4.04. The molecule has 0 unspecified atom stereocenters. The molecule has 0 amide bonds. The molecule has 1 aromatic carbocycles. The molecule has 2 aromatic rings. The van der Waals surface area contributed by atoms with Crippen molar-refractivity contribution >= 4 is 39.2 Å². The van der Waals surface area contributed by atoms with Crippen molar-refractivity contribution in [2.75, 3.05) is 4.72 Å². The molecule has 0 atom stereocenters. The Bertz CT molecular complexity index is 725. The number of benzene rings is 1. The zero-order valence-electron chi connectivity index (χ0n) is 9.79. The van der Waals surface area contributed by atoms with Crippen LogP contribution >= 0.6 is 23.2 Å². The summed E-state index contributed by atoms with van der Waals surface area (Å²) in [6.07, 6.45) is 2.58. The number of nitrogens with one attached hydrogen (secondary N) is 1. The zero-order valence-corrected chi connectivity index (χ0v) is 12.1. The number of anilines is 1. The molecule has 0 bridgehead atoms. The monoisotopic (exact) mass is 334 g/mol. The van der Waals surface area contributed by atoms with E-state index < -0.39 is 16.6 Å². The average molecular weight is 335 g/mol. The van der Waals surface area contributed by atoms with Gasteiger partial charge in [-0.05, 0) is 17.7 Å². The van der Waals surface area contributed by atoms with Gasteiger partial charge in [0, 0.05) is 5.02 Å². The van der Waals surface area contributed by atoms with Gasteiger partial charge in [-0.1, -0.05) is 23.2 Å². The molecule has 0 saturated carbocycles. The molecule has 2 rings (SSSR count). The van der Waals surface area contributed by atoms with Gasteiger partial charge < -0.3 is 5.11 Å². The van der Waals surface area contributed by atoms with Crippen LogP contribution in [0.25, 0.3) is 0 Å². The second-order valence-corrected chi connectivity index (χ2v) is 6.07. The summed E-state index contributed by atoms with van der Waals surface area (Å²) in [4.78, 5) is 3.42. The second-order valence-electron chi connectivity index (χ2n) is 3.61. The zero-order chi connectivity index (χ0) is 14.8. The molecule has 0 aliphatic rings. The molecule has 0 fully saturated rings. The molecule has 0 spiro atoms. The van der Waals surface area contributed by atoms with Crippen LogP contribution in [0.4, 0.5) is 5.95 Å². The number of sulfonamides is 1.